The predicted octanol–water partition coefficient (Wildman–Crippen LogP) is 2.77. The number of rotatable bonds is 7. The lowest BCUT2D eigenvalue weighted by Gasteiger charge is -2.10. The lowest BCUT2D eigenvalue weighted by Crippen LogP contribution is -2.23. The third kappa shape index (κ3) is 3.66. The van der Waals surface area contributed by atoms with Crippen LogP contribution in [0.2, 0.25) is 0 Å². The molecule has 24 heavy (non-hydrogen) atoms. The van der Waals surface area contributed by atoms with E-state index in [-0.39, 0.29) is 23.1 Å². The maximum absolute atomic E-state index is 12.4. The van der Waals surface area contributed by atoms with Gasteiger partial charge in [0.2, 0.25) is 10.0 Å². The Morgan fingerprint density at radius 1 is 1.12 bits per heavy atom. The Kier molecular flexibility index (Phi) is 4.69. The van der Waals surface area contributed by atoms with Crippen molar-refractivity contribution in [1.82, 2.24) is 4.72 Å². The normalized spacial score (nSPS) is 14.4. The fourth-order valence-electron chi connectivity index (χ4n) is 2.48. The molecule has 6 heteroatoms. The molecular weight excluding hydrogens is 326 g/mol. The zero-order chi connectivity index (χ0) is 17.2. The molecule has 0 unspecified atom stereocenters. The van der Waals surface area contributed by atoms with E-state index < -0.39 is 10.0 Å². The second-order valence-electron chi connectivity index (χ2n) is 5.80. The van der Waals surface area contributed by atoms with Gasteiger partial charge in [-0.3, -0.25) is 4.79 Å². The highest BCUT2D eigenvalue weighted by Crippen LogP contribution is 2.32. The van der Waals surface area contributed by atoms with Crippen LogP contribution in [0.3, 0.4) is 0 Å². The highest BCUT2D eigenvalue weighted by molar-refractivity contribution is 7.89. The summed E-state index contributed by atoms with van der Waals surface area (Å²) in [6, 6.07) is 13.3. The lowest BCUT2D eigenvalue weighted by atomic mass is 10.1. The van der Waals surface area contributed by atoms with Gasteiger partial charge in [0.1, 0.15) is 5.75 Å². The van der Waals surface area contributed by atoms with Crippen molar-refractivity contribution in [2.45, 2.75) is 24.3 Å². The summed E-state index contributed by atoms with van der Waals surface area (Å²) in [7, 11) is -2.10. The number of benzene rings is 2. The number of Topliss-reactive ketones (excluding diaryl/α,β-unsaturated/α-hetero) is 1. The van der Waals surface area contributed by atoms with Crippen LogP contribution in [0.1, 0.15) is 28.8 Å². The van der Waals surface area contributed by atoms with Crippen LogP contribution in [0.25, 0.3) is 0 Å². The van der Waals surface area contributed by atoms with Gasteiger partial charge in [0.05, 0.1) is 12.0 Å². The number of hydrogen-bond donors (Lipinski definition) is 1. The number of carbonyl (C=O) groups excluding carboxylic acids is 1. The van der Waals surface area contributed by atoms with Gasteiger partial charge in [-0.2, -0.15) is 0 Å². The summed E-state index contributed by atoms with van der Waals surface area (Å²) in [6.45, 7) is 0.134. The van der Waals surface area contributed by atoms with E-state index >= 15 is 0 Å². The van der Waals surface area contributed by atoms with Crippen LogP contribution in [0.15, 0.2) is 53.4 Å². The first-order valence-corrected chi connectivity index (χ1v) is 9.25. The van der Waals surface area contributed by atoms with Gasteiger partial charge < -0.3 is 4.74 Å². The summed E-state index contributed by atoms with van der Waals surface area (Å²) in [5.41, 5.74) is 1.32. The molecule has 0 atom stereocenters. The maximum Gasteiger partial charge on any atom is 0.240 e. The molecule has 1 saturated carbocycles. The Balaban J connectivity index is 1.72. The average Bonchev–Trinajstić information content (AvgIpc) is 3.45. The maximum atomic E-state index is 12.4. The van der Waals surface area contributed by atoms with Crippen LogP contribution < -0.4 is 9.46 Å². The van der Waals surface area contributed by atoms with E-state index in [0.29, 0.717) is 11.3 Å². The standard InChI is InChI=1S/C18H19NO4S/c1-23-17-5-3-2-4-15(17)12-19-24(21,22)16-10-8-14(9-11-16)18(20)13-6-7-13/h2-5,8-11,13,19H,6-7,12H2,1H3. The van der Waals surface area contributed by atoms with Crippen LogP contribution >= 0.6 is 0 Å². The summed E-state index contributed by atoms with van der Waals surface area (Å²) < 4.78 is 32.6. The zero-order valence-electron chi connectivity index (χ0n) is 13.4. The van der Waals surface area contributed by atoms with Crippen molar-refractivity contribution in [2.24, 2.45) is 5.92 Å². The van der Waals surface area contributed by atoms with Gasteiger partial charge >= 0.3 is 0 Å². The Labute approximate surface area is 141 Å². The summed E-state index contributed by atoms with van der Waals surface area (Å²) in [6.07, 6.45) is 1.86. The molecular formula is C18H19NO4S. The topological polar surface area (TPSA) is 72.5 Å². The molecule has 1 aliphatic rings. The van der Waals surface area contributed by atoms with Crippen molar-refractivity contribution in [3.8, 4) is 5.75 Å². The summed E-state index contributed by atoms with van der Waals surface area (Å²) in [4.78, 5) is 12.1. The minimum Gasteiger partial charge on any atom is -0.496 e. The molecule has 126 valence electrons. The number of methoxy groups -OCH3 is 1. The minimum atomic E-state index is -3.65. The Morgan fingerprint density at radius 2 is 1.79 bits per heavy atom. The molecule has 0 spiro atoms. The number of carbonyl (C=O) groups is 1. The molecule has 0 saturated heterocycles. The molecule has 1 aliphatic carbocycles. The molecule has 0 radical (unpaired) electrons. The van der Waals surface area contributed by atoms with E-state index in [9.17, 15) is 13.2 Å². The van der Waals surface area contributed by atoms with Crippen LogP contribution in [0.4, 0.5) is 0 Å². The highest BCUT2D eigenvalue weighted by Gasteiger charge is 2.30. The number of para-hydroxylation sites is 1. The van der Waals surface area contributed by atoms with Crippen molar-refractivity contribution in [3.63, 3.8) is 0 Å². The van der Waals surface area contributed by atoms with Gasteiger partial charge in [0, 0.05) is 23.6 Å². The van der Waals surface area contributed by atoms with E-state index in [2.05, 4.69) is 4.72 Å². The number of sulfonamides is 1. The molecule has 0 amide bonds. The van der Waals surface area contributed by atoms with Crippen molar-refractivity contribution < 1.29 is 17.9 Å². The first kappa shape index (κ1) is 16.7. The highest BCUT2D eigenvalue weighted by atomic mass is 32.2. The van der Waals surface area contributed by atoms with E-state index in [1.807, 2.05) is 12.1 Å². The third-order valence-electron chi connectivity index (χ3n) is 4.04. The average molecular weight is 345 g/mol. The number of hydrogen-bond acceptors (Lipinski definition) is 4. The first-order chi connectivity index (χ1) is 11.5. The van der Waals surface area contributed by atoms with Crippen LogP contribution in [0.5, 0.6) is 5.75 Å². The first-order valence-electron chi connectivity index (χ1n) is 7.77. The second-order valence-corrected chi connectivity index (χ2v) is 7.57. The fraction of sp³-hybridized carbons (Fsp3) is 0.278. The van der Waals surface area contributed by atoms with Crippen molar-refractivity contribution >= 4 is 15.8 Å². The Hall–Kier alpha value is -2.18. The van der Waals surface area contributed by atoms with Crippen molar-refractivity contribution in [1.29, 1.82) is 0 Å². The fourth-order valence-corrected chi connectivity index (χ4v) is 3.49. The van der Waals surface area contributed by atoms with Gasteiger partial charge in [-0.05, 0) is 31.0 Å². The lowest BCUT2D eigenvalue weighted by molar-refractivity contribution is 0.0967. The minimum absolute atomic E-state index is 0.0981. The van der Waals surface area contributed by atoms with Crippen molar-refractivity contribution in [3.05, 3.63) is 59.7 Å². The monoisotopic (exact) mass is 345 g/mol. The van der Waals surface area contributed by atoms with E-state index in [1.54, 1.807) is 31.4 Å². The quantitative estimate of drug-likeness (QED) is 0.783. The second kappa shape index (κ2) is 6.75. The van der Waals surface area contributed by atoms with Crippen LogP contribution in [-0.2, 0) is 16.6 Å². The summed E-state index contributed by atoms with van der Waals surface area (Å²) in [5.74, 6) is 0.850. The number of ketones is 1. The predicted molar refractivity (Wildman–Crippen MR) is 90.5 cm³/mol. The molecule has 0 aromatic heterocycles. The SMILES string of the molecule is COc1ccccc1CNS(=O)(=O)c1ccc(C(=O)C2CC2)cc1. The Bertz CT molecular complexity index is 840. The number of ether oxygens (including phenoxy) is 1. The van der Waals surface area contributed by atoms with E-state index in [0.717, 1.165) is 18.4 Å². The molecule has 0 aliphatic heterocycles. The molecule has 0 heterocycles. The largest absolute Gasteiger partial charge is 0.496 e. The molecule has 3 rings (SSSR count). The zero-order valence-corrected chi connectivity index (χ0v) is 14.2. The number of nitrogens with one attached hydrogen (secondary N) is 1. The Morgan fingerprint density at radius 3 is 2.42 bits per heavy atom. The smallest absolute Gasteiger partial charge is 0.240 e. The van der Waals surface area contributed by atoms with Gasteiger partial charge in [-0.1, -0.05) is 30.3 Å². The van der Waals surface area contributed by atoms with Crippen molar-refractivity contribution in [2.75, 3.05) is 7.11 Å². The molecule has 5 nitrogen and oxygen atoms in total. The van der Waals surface area contributed by atoms with Crippen LogP contribution in [0, 0.1) is 5.92 Å². The summed E-state index contributed by atoms with van der Waals surface area (Å²) in [5, 5.41) is 0. The van der Waals surface area contributed by atoms with Crippen LogP contribution in [-0.4, -0.2) is 21.3 Å². The molecule has 1 fully saturated rings. The molecule has 1 N–H and O–H groups in total. The van der Waals surface area contributed by atoms with E-state index in [1.165, 1.54) is 12.1 Å². The van der Waals surface area contributed by atoms with Gasteiger partial charge in [-0.25, -0.2) is 13.1 Å². The molecule has 2 aromatic carbocycles. The molecule has 2 aromatic rings. The van der Waals surface area contributed by atoms with E-state index in [4.69, 9.17) is 4.74 Å². The van der Waals surface area contributed by atoms with Gasteiger partial charge in [0.15, 0.2) is 5.78 Å². The third-order valence-corrected chi connectivity index (χ3v) is 5.46. The molecule has 0 bridgehead atoms. The summed E-state index contributed by atoms with van der Waals surface area (Å²) >= 11 is 0. The van der Waals surface area contributed by atoms with Gasteiger partial charge in [0.25, 0.3) is 0 Å². The van der Waals surface area contributed by atoms with Gasteiger partial charge in [-0.15, -0.1) is 0 Å².